The van der Waals surface area contributed by atoms with Crippen molar-refractivity contribution >= 4 is 0 Å². The van der Waals surface area contributed by atoms with Crippen LogP contribution in [0.15, 0.2) is 12.2 Å². The molecule has 0 heterocycles. The fourth-order valence-electron chi connectivity index (χ4n) is 0.925. The molecule has 0 radical (unpaired) electrons. The van der Waals surface area contributed by atoms with Crippen molar-refractivity contribution in [2.24, 2.45) is 0 Å². The monoisotopic (exact) mass is 146 g/mol. The van der Waals surface area contributed by atoms with Crippen molar-refractivity contribution < 1.29 is 18.9 Å². The molecule has 0 aliphatic heterocycles. The van der Waals surface area contributed by atoms with Crippen molar-refractivity contribution in [2.75, 3.05) is 0 Å². The van der Waals surface area contributed by atoms with Crippen molar-refractivity contribution in [2.45, 2.75) is 45.4 Å². The molecule has 0 aliphatic rings. The number of allylic oxidation sites excluding steroid dienone is 2. The predicted molar refractivity (Wildman–Crippen MR) is 47.9 cm³/mol. The zero-order chi connectivity index (χ0) is 7.66. The SMILES string of the molecule is [CH2-]C/C=C\CCCCCC.[Li+]. The molecule has 0 N–H and O–H groups in total. The Morgan fingerprint density at radius 2 is 1.82 bits per heavy atom. The Kier molecular flexibility index (Phi) is 16.4. The van der Waals surface area contributed by atoms with Crippen LogP contribution in [0.2, 0.25) is 0 Å². The summed E-state index contributed by atoms with van der Waals surface area (Å²) in [6.07, 6.45) is 12.0. The maximum absolute atomic E-state index is 3.73. The van der Waals surface area contributed by atoms with E-state index in [0.717, 1.165) is 6.42 Å². The number of hydrogen-bond acceptors (Lipinski definition) is 0. The van der Waals surface area contributed by atoms with Crippen LogP contribution in [-0.4, -0.2) is 0 Å². The topological polar surface area (TPSA) is 0 Å². The standard InChI is InChI=1S/C10H19.Li/c1-3-5-7-9-10-8-6-4-2;/h5,7H,1,3-4,6,8-10H2,2H3;/q-1;+1/b7-5-;. The van der Waals surface area contributed by atoms with Gasteiger partial charge in [-0.15, -0.1) is 6.08 Å². The number of hydrogen-bond donors (Lipinski definition) is 0. The predicted octanol–water partition coefficient (Wildman–Crippen LogP) is 0.741. The van der Waals surface area contributed by atoms with E-state index in [1.807, 2.05) is 0 Å². The van der Waals surface area contributed by atoms with Crippen LogP contribution in [0.1, 0.15) is 45.4 Å². The molecule has 0 rings (SSSR count). The summed E-state index contributed by atoms with van der Waals surface area (Å²) < 4.78 is 0. The van der Waals surface area contributed by atoms with Gasteiger partial charge in [0.1, 0.15) is 0 Å². The Hall–Kier alpha value is 0.337. The van der Waals surface area contributed by atoms with Gasteiger partial charge in [0, 0.05) is 0 Å². The zero-order valence-electron chi connectivity index (χ0n) is 8.10. The Morgan fingerprint density at radius 1 is 1.09 bits per heavy atom. The molecule has 0 nitrogen and oxygen atoms in total. The van der Waals surface area contributed by atoms with Crippen molar-refractivity contribution in [1.82, 2.24) is 0 Å². The minimum absolute atomic E-state index is 0. The van der Waals surface area contributed by atoms with E-state index in [1.54, 1.807) is 0 Å². The van der Waals surface area contributed by atoms with E-state index in [4.69, 9.17) is 0 Å². The molecule has 0 saturated heterocycles. The normalized spacial score (nSPS) is 10.0. The van der Waals surface area contributed by atoms with E-state index in [-0.39, 0.29) is 18.9 Å². The third kappa shape index (κ3) is 13.3. The maximum atomic E-state index is 3.73. The Labute approximate surface area is 83.6 Å². The van der Waals surface area contributed by atoms with Crippen LogP contribution in [-0.2, 0) is 0 Å². The third-order valence-corrected chi connectivity index (χ3v) is 1.56. The largest absolute Gasteiger partial charge is 1.00 e. The van der Waals surface area contributed by atoms with Crippen LogP contribution in [0.3, 0.4) is 0 Å². The van der Waals surface area contributed by atoms with Crippen molar-refractivity contribution in [1.29, 1.82) is 0 Å². The summed E-state index contributed by atoms with van der Waals surface area (Å²) in [6.45, 7) is 5.97. The van der Waals surface area contributed by atoms with Crippen molar-refractivity contribution in [3.05, 3.63) is 19.1 Å². The van der Waals surface area contributed by atoms with E-state index in [1.165, 1.54) is 32.1 Å². The second-order valence-corrected chi connectivity index (χ2v) is 2.61. The van der Waals surface area contributed by atoms with E-state index in [9.17, 15) is 0 Å². The molecular weight excluding hydrogens is 127 g/mol. The Bertz CT molecular complexity index is 76.9. The minimum atomic E-state index is 0. The molecule has 0 amide bonds. The molecule has 0 aromatic rings. The van der Waals surface area contributed by atoms with E-state index >= 15 is 0 Å². The van der Waals surface area contributed by atoms with Crippen LogP contribution in [0.4, 0.5) is 0 Å². The quantitative estimate of drug-likeness (QED) is 0.224. The zero-order valence-corrected chi connectivity index (χ0v) is 8.10. The van der Waals surface area contributed by atoms with Crippen molar-refractivity contribution in [3.63, 3.8) is 0 Å². The first-order valence-corrected chi connectivity index (χ1v) is 4.36. The van der Waals surface area contributed by atoms with Gasteiger partial charge in [0.2, 0.25) is 0 Å². The minimum Gasteiger partial charge on any atom is -0.340 e. The smallest absolute Gasteiger partial charge is 0.340 e. The van der Waals surface area contributed by atoms with Gasteiger partial charge in [-0.3, -0.25) is 0 Å². The second kappa shape index (κ2) is 13.0. The first kappa shape index (κ1) is 13.9. The van der Waals surface area contributed by atoms with Gasteiger partial charge in [0.25, 0.3) is 0 Å². The molecule has 11 heavy (non-hydrogen) atoms. The van der Waals surface area contributed by atoms with Gasteiger partial charge in [-0.25, -0.2) is 0 Å². The fraction of sp³-hybridized carbons (Fsp3) is 0.700. The summed E-state index contributed by atoms with van der Waals surface area (Å²) in [5.74, 6) is 0. The molecule has 0 aromatic carbocycles. The molecule has 0 bridgehead atoms. The molecule has 0 aromatic heterocycles. The Morgan fingerprint density at radius 3 is 2.36 bits per heavy atom. The summed E-state index contributed by atoms with van der Waals surface area (Å²) >= 11 is 0. The number of rotatable bonds is 6. The molecule has 0 unspecified atom stereocenters. The first-order chi connectivity index (χ1) is 4.91. The molecule has 0 fully saturated rings. The summed E-state index contributed by atoms with van der Waals surface area (Å²) in [5.41, 5.74) is 0. The van der Waals surface area contributed by atoms with Crippen LogP contribution < -0.4 is 18.9 Å². The average Bonchev–Trinajstić information content (AvgIpc) is 1.97. The molecule has 0 atom stereocenters. The van der Waals surface area contributed by atoms with Crippen molar-refractivity contribution in [3.8, 4) is 0 Å². The molecule has 0 aliphatic carbocycles. The van der Waals surface area contributed by atoms with Gasteiger partial charge in [0.05, 0.1) is 0 Å². The Balaban J connectivity index is 0. The summed E-state index contributed by atoms with van der Waals surface area (Å²) in [6, 6.07) is 0. The van der Waals surface area contributed by atoms with Crippen LogP contribution >= 0.6 is 0 Å². The van der Waals surface area contributed by atoms with Gasteiger partial charge in [0.15, 0.2) is 0 Å². The van der Waals surface area contributed by atoms with E-state index in [0.29, 0.717) is 0 Å². The van der Waals surface area contributed by atoms with E-state index < -0.39 is 0 Å². The van der Waals surface area contributed by atoms with E-state index in [2.05, 4.69) is 26.0 Å². The second-order valence-electron chi connectivity index (χ2n) is 2.61. The molecular formula is C10H19Li. The summed E-state index contributed by atoms with van der Waals surface area (Å²) in [5, 5.41) is 0. The third-order valence-electron chi connectivity index (χ3n) is 1.56. The number of unbranched alkanes of at least 4 members (excludes halogenated alkanes) is 4. The summed E-state index contributed by atoms with van der Waals surface area (Å²) in [7, 11) is 0. The summed E-state index contributed by atoms with van der Waals surface area (Å²) in [4.78, 5) is 0. The van der Waals surface area contributed by atoms with Crippen LogP contribution in [0, 0.1) is 6.92 Å². The maximum Gasteiger partial charge on any atom is 1.00 e. The van der Waals surface area contributed by atoms with Gasteiger partial charge < -0.3 is 6.92 Å². The molecule has 0 saturated carbocycles. The molecule has 60 valence electrons. The molecule has 1 heteroatoms. The van der Waals surface area contributed by atoms with Gasteiger partial charge in [-0.2, -0.15) is 6.42 Å². The van der Waals surface area contributed by atoms with Crippen LogP contribution in [0.25, 0.3) is 0 Å². The van der Waals surface area contributed by atoms with Gasteiger partial charge >= 0.3 is 18.9 Å². The first-order valence-electron chi connectivity index (χ1n) is 4.36. The average molecular weight is 146 g/mol. The fourth-order valence-corrected chi connectivity index (χ4v) is 0.925. The van der Waals surface area contributed by atoms with Crippen LogP contribution in [0.5, 0.6) is 0 Å². The van der Waals surface area contributed by atoms with Gasteiger partial charge in [-0.05, 0) is 12.8 Å². The molecule has 0 spiro atoms. The van der Waals surface area contributed by atoms with Gasteiger partial charge in [-0.1, -0.05) is 32.3 Å².